The van der Waals surface area contributed by atoms with Crippen molar-refractivity contribution < 1.29 is 9.90 Å². The van der Waals surface area contributed by atoms with Crippen LogP contribution in [0.1, 0.15) is 0 Å². The molecule has 60 valence electrons. The molecule has 0 aromatic rings. The van der Waals surface area contributed by atoms with Gasteiger partial charge < -0.3 is 10.8 Å². The summed E-state index contributed by atoms with van der Waals surface area (Å²) in [5, 5.41) is 9.21. The lowest BCUT2D eigenvalue weighted by Crippen LogP contribution is -2.32. The van der Waals surface area contributed by atoms with Gasteiger partial charge in [0.1, 0.15) is 6.04 Å². The van der Waals surface area contributed by atoms with E-state index in [-0.39, 0.29) is 0 Å². The monoisotopic (exact) mass is 227 g/mol. The van der Waals surface area contributed by atoms with Crippen LogP contribution in [0.2, 0.25) is 0 Å². The first kappa shape index (κ1) is 10.3. The first-order valence-electron chi connectivity index (χ1n) is 2.80. The van der Waals surface area contributed by atoms with Crippen LogP contribution in [0.15, 0.2) is 0 Å². The van der Waals surface area contributed by atoms with Crippen LogP contribution in [-0.4, -0.2) is 34.0 Å². The number of alkyl halides is 1. The van der Waals surface area contributed by atoms with Crippen molar-refractivity contribution in [1.29, 1.82) is 0 Å². The number of hydrogen-bond acceptors (Lipinski definition) is 3. The average molecular weight is 228 g/mol. The molecule has 0 heterocycles. The number of hydrogen-bond donors (Lipinski definition) is 2. The first-order valence-corrected chi connectivity index (χ1v) is 5.08. The van der Waals surface area contributed by atoms with Gasteiger partial charge in [-0.1, -0.05) is 15.9 Å². The van der Waals surface area contributed by atoms with Crippen LogP contribution in [0.5, 0.6) is 0 Å². The third-order valence-corrected chi connectivity index (χ3v) is 2.85. The standard InChI is InChI=1S/C5H10BrNO2S/c6-1-2-10-3-4(7)5(8)9/h4H,1-3,7H2,(H,8,9). The van der Waals surface area contributed by atoms with Crippen LogP contribution in [0.4, 0.5) is 0 Å². The average Bonchev–Trinajstić information content (AvgIpc) is 1.88. The molecule has 0 aromatic carbocycles. The maximum Gasteiger partial charge on any atom is 0.321 e. The van der Waals surface area contributed by atoms with Crippen molar-refractivity contribution in [2.24, 2.45) is 5.73 Å². The molecule has 0 bridgehead atoms. The Balaban J connectivity index is 3.21. The molecule has 0 rings (SSSR count). The minimum atomic E-state index is -0.929. The Hall–Kier alpha value is 0.260. The van der Waals surface area contributed by atoms with Crippen molar-refractivity contribution >= 4 is 33.7 Å². The van der Waals surface area contributed by atoms with Crippen molar-refractivity contribution in [3.8, 4) is 0 Å². The van der Waals surface area contributed by atoms with Crippen LogP contribution in [0.3, 0.4) is 0 Å². The summed E-state index contributed by atoms with van der Waals surface area (Å²) in [5.41, 5.74) is 5.22. The number of carboxylic acid groups (broad SMARTS) is 1. The molecular weight excluding hydrogens is 218 g/mol. The smallest absolute Gasteiger partial charge is 0.321 e. The Morgan fingerprint density at radius 3 is 2.80 bits per heavy atom. The Morgan fingerprint density at radius 1 is 1.80 bits per heavy atom. The topological polar surface area (TPSA) is 63.3 Å². The number of thioether (sulfide) groups is 1. The van der Waals surface area contributed by atoms with E-state index in [1.54, 1.807) is 0 Å². The summed E-state index contributed by atoms with van der Waals surface area (Å²) in [5.74, 6) is 0.462. The second-order valence-electron chi connectivity index (χ2n) is 1.71. The number of aliphatic carboxylic acids is 1. The van der Waals surface area contributed by atoms with Gasteiger partial charge in [0, 0.05) is 16.8 Å². The van der Waals surface area contributed by atoms with E-state index < -0.39 is 12.0 Å². The van der Waals surface area contributed by atoms with Gasteiger partial charge in [0.25, 0.3) is 0 Å². The molecule has 0 saturated heterocycles. The highest BCUT2D eigenvalue weighted by molar-refractivity contribution is 9.09. The Morgan fingerprint density at radius 2 is 2.40 bits per heavy atom. The van der Waals surface area contributed by atoms with Crippen molar-refractivity contribution in [2.45, 2.75) is 6.04 Å². The fourth-order valence-corrected chi connectivity index (χ4v) is 1.70. The molecule has 10 heavy (non-hydrogen) atoms. The van der Waals surface area contributed by atoms with Crippen LogP contribution >= 0.6 is 27.7 Å². The molecule has 5 heteroatoms. The van der Waals surface area contributed by atoms with E-state index in [2.05, 4.69) is 15.9 Å². The van der Waals surface area contributed by atoms with Crippen LogP contribution in [0.25, 0.3) is 0 Å². The zero-order valence-corrected chi connectivity index (χ0v) is 7.82. The highest BCUT2D eigenvalue weighted by Crippen LogP contribution is 2.02. The third kappa shape index (κ3) is 5.08. The molecule has 0 spiro atoms. The SMILES string of the molecule is NC(CSCCBr)C(=O)O. The molecule has 0 aliphatic heterocycles. The summed E-state index contributed by atoms with van der Waals surface area (Å²) in [6.07, 6.45) is 0. The number of nitrogens with two attached hydrogens (primary N) is 1. The largest absolute Gasteiger partial charge is 0.480 e. The van der Waals surface area contributed by atoms with Crippen molar-refractivity contribution in [3.05, 3.63) is 0 Å². The molecule has 0 aliphatic rings. The van der Waals surface area contributed by atoms with Gasteiger partial charge in [-0.2, -0.15) is 11.8 Å². The summed E-state index contributed by atoms with van der Waals surface area (Å²) in [7, 11) is 0. The predicted molar refractivity (Wildman–Crippen MR) is 46.7 cm³/mol. The zero-order valence-electron chi connectivity index (χ0n) is 5.42. The van der Waals surface area contributed by atoms with Gasteiger partial charge >= 0.3 is 5.97 Å². The van der Waals surface area contributed by atoms with E-state index in [1.165, 1.54) is 11.8 Å². The van der Waals surface area contributed by atoms with Gasteiger partial charge in [-0.05, 0) is 0 Å². The molecule has 0 radical (unpaired) electrons. The number of rotatable bonds is 5. The fourth-order valence-electron chi connectivity index (χ4n) is 0.336. The third-order valence-electron chi connectivity index (χ3n) is 0.836. The summed E-state index contributed by atoms with van der Waals surface area (Å²) in [6, 6.07) is -0.718. The van der Waals surface area contributed by atoms with Crippen molar-refractivity contribution in [1.82, 2.24) is 0 Å². The Labute approximate surface area is 72.5 Å². The second kappa shape index (κ2) is 6.00. The van der Waals surface area contributed by atoms with Gasteiger partial charge in [-0.15, -0.1) is 0 Å². The number of carbonyl (C=O) groups is 1. The van der Waals surface area contributed by atoms with Crippen molar-refractivity contribution in [3.63, 3.8) is 0 Å². The van der Waals surface area contributed by atoms with Gasteiger partial charge in [0.2, 0.25) is 0 Å². The highest BCUT2D eigenvalue weighted by atomic mass is 79.9. The minimum Gasteiger partial charge on any atom is -0.480 e. The van der Waals surface area contributed by atoms with E-state index in [4.69, 9.17) is 10.8 Å². The highest BCUT2D eigenvalue weighted by Gasteiger charge is 2.09. The summed E-state index contributed by atoms with van der Waals surface area (Å²) in [6.45, 7) is 0. The predicted octanol–water partition coefficient (Wildman–Crippen LogP) is 0.526. The van der Waals surface area contributed by atoms with E-state index in [0.29, 0.717) is 5.75 Å². The van der Waals surface area contributed by atoms with Crippen LogP contribution in [-0.2, 0) is 4.79 Å². The van der Waals surface area contributed by atoms with E-state index >= 15 is 0 Å². The molecule has 1 unspecified atom stereocenters. The normalized spacial score (nSPS) is 13.0. The molecule has 0 fully saturated rings. The maximum absolute atomic E-state index is 10.1. The molecule has 0 aromatic heterocycles. The summed E-state index contributed by atoms with van der Waals surface area (Å²) < 4.78 is 0. The maximum atomic E-state index is 10.1. The molecule has 1 atom stereocenters. The Bertz CT molecular complexity index is 112. The van der Waals surface area contributed by atoms with Crippen LogP contribution in [0, 0.1) is 0 Å². The first-order chi connectivity index (χ1) is 4.68. The number of halogens is 1. The zero-order chi connectivity index (χ0) is 7.98. The Kier molecular flexibility index (Phi) is 6.16. The van der Waals surface area contributed by atoms with E-state index in [9.17, 15) is 4.79 Å². The summed E-state index contributed by atoms with van der Waals surface area (Å²) >= 11 is 4.76. The van der Waals surface area contributed by atoms with Crippen LogP contribution < -0.4 is 5.73 Å². The lowest BCUT2D eigenvalue weighted by atomic mass is 10.4. The van der Waals surface area contributed by atoms with Crippen molar-refractivity contribution in [2.75, 3.05) is 16.8 Å². The van der Waals surface area contributed by atoms with E-state index in [0.717, 1.165) is 11.1 Å². The van der Waals surface area contributed by atoms with Gasteiger partial charge in [-0.3, -0.25) is 4.79 Å². The van der Waals surface area contributed by atoms with Gasteiger partial charge in [0.05, 0.1) is 0 Å². The molecule has 3 N–H and O–H groups in total. The minimum absolute atomic E-state index is 0.487. The lowest BCUT2D eigenvalue weighted by molar-refractivity contribution is -0.137. The fraction of sp³-hybridized carbons (Fsp3) is 0.800. The molecule has 0 amide bonds. The second-order valence-corrected chi connectivity index (χ2v) is 3.65. The lowest BCUT2D eigenvalue weighted by Gasteiger charge is -2.03. The van der Waals surface area contributed by atoms with Gasteiger partial charge in [-0.25, -0.2) is 0 Å². The molecule has 0 saturated carbocycles. The molecular formula is C5H10BrNO2S. The summed E-state index contributed by atoms with van der Waals surface area (Å²) in [4.78, 5) is 10.1. The quantitative estimate of drug-likeness (QED) is 0.532. The number of carboxylic acids is 1. The van der Waals surface area contributed by atoms with E-state index in [1.807, 2.05) is 0 Å². The van der Waals surface area contributed by atoms with Gasteiger partial charge in [0.15, 0.2) is 0 Å². The molecule has 0 aliphatic carbocycles. The molecule has 3 nitrogen and oxygen atoms in total.